The van der Waals surface area contributed by atoms with Crippen LogP contribution in [0.25, 0.3) is 0 Å². The molecule has 3 fully saturated rings. The lowest BCUT2D eigenvalue weighted by atomic mass is 9.65. The van der Waals surface area contributed by atoms with Gasteiger partial charge < -0.3 is 19.8 Å². The second-order valence-corrected chi connectivity index (χ2v) is 13.5. The number of fused-ring (bicyclic) bond motifs is 1. The fourth-order valence-corrected chi connectivity index (χ4v) is 9.98. The normalized spacial score (nSPS) is 29.6. The van der Waals surface area contributed by atoms with E-state index < -0.39 is 28.7 Å². The van der Waals surface area contributed by atoms with E-state index in [2.05, 4.69) is 33.9 Å². The molecule has 1 spiro atoms. The van der Waals surface area contributed by atoms with Crippen LogP contribution in [-0.4, -0.2) is 85.3 Å². The number of benzene rings is 1. The molecule has 3 aliphatic rings. The van der Waals surface area contributed by atoms with Crippen LogP contribution in [0.3, 0.4) is 0 Å². The van der Waals surface area contributed by atoms with Gasteiger partial charge in [0.2, 0.25) is 17.7 Å². The van der Waals surface area contributed by atoms with Gasteiger partial charge in [-0.3, -0.25) is 14.4 Å². The molecule has 8 atom stereocenters. The summed E-state index contributed by atoms with van der Waals surface area (Å²) < 4.78 is -0.723. The summed E-state index contributed by atoms with van der Waals surface area (Å²) in [5, 5.41) is 10.4. The van der Waals surface area contributed by atoms with Gasteiger partial charge in [0, 0.05) is 30.9 Å². The summed E-state index contributed by atoms with van der Waals surface area (Å²) in [6, 6.07) is 8.62. The van der Waals surface area contributed by atoms with E-state index in [0.29, 0.717) is 26.1 Å². The number of carbonyl (C=O) groups excluding carboxylic acids is 3. The van der Waals surface area contributed by atoms with Crippen LogP contribution >= 0.6 is 11.8 Å². The van der Waals surface area contributed by atoms with Gasteiger partial charge in [0.15, 0.2) is 0 Å². The van der Waals surface area contributed by atoms with Crippen LogP contribution in [0, 0.1) is 17.8 Å². The van der Waals surface area contributed by atoms with Gasteiger partial charge in [-0.25, -0.2) is 0 Å². The molecule has 8 heteroatoms. The molecule has 4 rings (SSSR count). The Labute approximate surface area is 250 Å². The summed E-state index contributed by atoms with van der Waals surface area (Å²) in [5.41, 5.74) is 1.02. The quantitative estimate of drug-likeness (QED) is 0.327. The van der Waals surface area contributed by atoms with Crippen LogP contribution in [0.1, 0.15) is 58.9 Å². The van der Waals surface area contributed by atoms with Crippen LogP contribution in [0.4, 0.5) is 0 Å². The van der Waals surface area contributed by atoms with Crippen molar-refractivity contribution in [3.05, 3.63) is 61.2 Å². The van der Waals surface area contributed by atoms with Gasteiger partial charge >= 0.3 is 0 Å². The first-order valence-electron chi connectivity index (χ1n) is 15.2. The lowest BCUT2D eigenvalue weighted by Crippen LogP contribution is -2.60. The first-order valence-corrected chi connectivity index (χ1v) is 16.0. The minimum atomic E-state index is -0.735. The average molecular weight is 582 g/mol. The summed E-state index contributed by atoms with van der Waals surface area (Å²) >= 11 is 1.69. The van der Waals surface area contributed by atoms with Gasteiger partial charge in [-0.05, 0) is 37.7 Å². The molecule has 0 aromatic heterocycles. The Balaban J connectivity index is 1.78. The number of aliphatic hydroxyl groups excluding tert-OH is 1. The molecular weight excluding hydrogens is 534 g/mol. The predicted molar refractivity (Wildman–Crippen MR) is 165 cm³/mol. The van der Waals surface area contributed by atoms with E-state index in [-0.39, 0.29) is 41.5 Å². The topological polar surface area (TPSA) is 81.2 Å². The van der Waals surface area contributed by atoms with Crippen molar-refractivity contribution in [1.29, 1.82) is 0 Å². The Morgan fingerprint density at radius 2 is 1.85 bits per heavy atom. The van der Waals surface area contributed by atoms with E-state index >= 15 is 0 Å². The first kappa shape index (κ1) is 31.4. The standard InChI is InChI=1S/C33H47N3O4S/c1-7-14-23(6)35(18-9-3)32(40)29-33-22(5)19-26(41-33)27(28(33)31(39)36(29)25(10-4)21-37)30(38)34(17-8-2)20-24-15-12-11-13-16-24/h8-9,11-13,15-16,22-23,25-29,37H,2-3,7,10,14,17-21H2,1,4-6H3/t22?,23?,25-,26-,27+,28-,29?,33?/m0/s1. The molecule has 3 saturated heterocycles. The number of likely N-dealkylation sites (tertiary alicyclic amines) is 1. The smallest absolute Gasteiger partial charge is 0.247 e. The number of hydrogen-bond donors (Lipinski definition) is 1. The van der Waals surface area contributed by atoms with Crippen molar-refractivity contribution >= 4 is 29.5 Å². The van der Waals surface area contributed by atoms with E-state index in [9.17, 15) is 19.5 Å². The van der Waals surface area contributed by atoms with Crippen LogP contribution in [0.5, 0.6) is 0 Å². The highest BCUT2D eigenvalue weighted by molar-refractivity contribution is 8.02. The third-order valence-electron chi connectivity index (χ3n) is 9.50. The summed E-state index contributed by atoms with van der Waals surface area (Å²) in [6.07, 6.45) is 6.55. The molecule has 0 aliphatic carbocycles. The molecule has 1 aromatic rings. The SMILES string of the molecule is C=CCN(Cc1ccccc1)C(=O)[C@@H]1[C@@H]2CC(C)C3(S2)C(C(=O)N(CC=C)C(C)CCC)N([C@@H](CC)CO)C(=O)[C@H]13. The second-order valence-electron chi connectivity index (χ2n) is 12.0. The maximum atomic E-state index is 14.6. The van der Waals surface area contributed by atoms with Crippen molar-refractivity contribution in [3.8, 4) is 0 Å². The number of thioether (sulfide) groups is 1. The van der Waals surface area contributed by atoms with E-state index in [1.165, 1.54) is 0 Å². The largest absolute Gasteiger partial charge is 0.394 e. The maximum absolute atomic E-state index is 14.6. The Morgan fingerprint density at radius 1 is 1.17 bits per heavy atom. The lowest BCUT2D eigenvalue weighted by Gasteiger charge is -2.43. The molecule has 4 unspecified atom stereocenters. The summed E-state index contributed by atoms with van der Waals surface area (Å²) in [7, 11) is 0. The van der Waals surface area contributed by atoms with Gasteiger partial charge in [0.05, 0.1) is 29.2 Å². The number of hydrogen-bond acceptors (Lipinski definition) is 5. The monoisotopic (exact) mass is 581 g/mol. The molecule has 3 aliphatic heterocycles. The van der Waals surface area contributed by atoms with Crippen molar-refractivity contribution in [3.63, 3.8) is 0 Å². The van der Waals surface area contributed by atoms with Crippen molar-refractivity contribution < 1.29 is 19.5 Å². The minimum absolute atomic E-state index is 0.0163. The highest BCUT2D eigenvalue weighted by Crippen LogP contribution is 2.69. The summed E-state index contributed by atoms with van der Waals surface area (Å²) in [6.45, 7) is 17.0. The molecule has 2 bridgehead atoms. The molecule has 1 aromatic carbocycles. The van der Waals surface area contributed by atoms with Crippen LogP contribution in [0.15, 0.2) is 55.6 Å². The summed E-state index contributed by atoms with van der Waals surface area (Å²) in [5.74, 6) is -1.37. The van der Waals surface area contributed by atoms with Crippen LogP contribution in [0.2, 0.25) is 0 Å². The Hall–Kier alpha value is -2.58. The van der Waals surface area contributed by atoms with E-state index in [4.69, 9.17) is 0 Å². The van der Waals surface area contributed by atoms with Gasteiger partial charge in [-0.2, -0.15) is 0 Å². The van der Waals surface area contributed by atoms with Gasteiger partial charge in [0.25, 0.3) is 0 Å². The molecule has 0 saturated carbocycles. The number of amides is 3. The fourth-order valence-electron chi connectivity index (χ4n) is 7.59. The van der Waals surface area contributed by atoms with Crippen molar-refractivity contribution in [2.75, 3.05) is 19.7 Å². The molecule has 3 heterocycles. The molecule has 1 N–H and O–H groups in total. The van der Waals surface area contributed by atoms with E-state index in [1.807, 2.05) is 42.2 Å². The van der Waals surface area contributed by atoms with Gasteiger partial charge in [-0.15, -0.1) is 24.9 Å². The van der Waals surface area contributed by atoms with E-state index in [0.717, 1.165) is 24.8 Å². The number of nitrogens with zero attached hydrogens (tertiary/aromatic N) is 3. The highest BCUT2D eigenvalue weighted by atomic mass is 32.2. The van der Waals surface area contributed by atoms with Crippen molar-refractivity contribution in [2.24, 2.45) is 17.8 Å². The van der Waals surface area contributed by atoms with Crippen LogP contribution in [-0.2, 0) is 20.9 Å². The summed E-state index contributed by atoms with van der Waals surface area (Å²) in [4.78, 5) is 48.9. The fraction of sp³-hybridized carbons (Fsp3) is 0.606. The van der Waals surface area contributed by atoms with Crippen molar-refractivity contribution in [1.82, 2.24) is 14.7 Å². The average Bonchev–Trinajstić information content (AvgIpc) is 3.56. The molecule has 0 radical (unpaired) electrons. The van der Waals surface area contributed by atoms with Crippen LogP contribution < -0.4 is 0 Å². The molecule has 7 nitrogen and oxygen atoms in total. The second kappa shape index (κ2) is 13.2. The predicted octanol–water partition coefficient (Wildman–Crippen LogP) is 4.51. The first-order chi connectivity index (χ1) is 19.7. The number of aliphatic hydroxyl groups is 1. The zero-order valence-electron chi connectivity index (χ0n) is 25.1. The van der Waals surface area contributed by atoms with E-state index in [1.54, 1.807) is 33.7 Å². The zero-order chi connectivity index (χ0) is 29.9. The molecule has 3 amide bonds. The number of rotatable bonds is 14. The molecule has 224 valence electrons. The van der Waals surface area contributed by atoms with Crippen molar-refractivity contribution in [2.45, 2.75) is 88.0 Å². The number of carbonyl (C=O) groups is 3. The Bertz CT molecular complexity index is 1120. The van der Waals surface area contributed by atoms with Gasteiger partial charge in [0.1, 0.15) is 6.04 Å². The Morgan fingerprint density at radius 3 is 2.44 bits per heavy atom. The Kier molecular flexibility index (Phi) is 10.1. The lowest BCUT2D eigenvalue weighted by molar-refractivity contribution is -0.147. The third kappa shape index (κ3) is 5.38. The third-order valence-corrected chi connectivity index (χ3v) is 11.6. The molecule has 41 heavy (non-hydrogen) atoms. The minimum Gasteiger partial charge on any atom is -0.394 e. The maximum Gasteiger partial charge on any atom is 0.247 e. The highest BCUT2D eigenvalue weighted by Gasteiger charge is 2.77. The molecular formula is C33H47N3O4S. The van der Waals surface area contributed by atoms with Gasteiger partial charge in [-0.1, -0.05) is 69.7 Å². The zero-order valence-corrected chi connectivity index (χ0v) is 25.9.